The minimum absolute atomic E-state index is 0.0467. The van der Waals surface area contributed by atoms with Crippen molar-refractivity contribution in [3.05, 3.63) is 110 Å². The molecule has 0 unspecified atom stereocenters. The number of pyridine rings is 2. The summed E-state index contributed by atoms with van der Waals surface area (Å²) in [6, 6.07) is 10.2. The number of imide groups is 1. The second-order valence-electron chi connectivity index (χ2n) is 18.8. The summed E-state index contributed by atoms with van der Waals surface area (Å²) in [5, 5.41) is 16.2. The number of aryl methyl sites for hydroxylation is 1. The van der Waals surface area contributed by atoms with Crippen LogP contribution in [0.1, 0.15) is 103 Å². The predicted octanol–water partition coefficient (Wildman–Crippen LogP) is 1.57. The first-order valence-electron chi connectivity index (χ1n) is 25.0. The van der Waals surface area contributed by atoms with Gasteiger partial charge in [-0.15, -0.1) is 0 Å². The van der Waals surface area contributed by atoms with Crippen molar-refractivity contribution < 1.29 is 57.0 Å². The quantitative estimate of drug-likeness (QED) is 0.0235. The number of nitrogens with zero attached hydrogens (tertiary/aromatic N) is 3. The molecule has 2 aromatic carbocycles. The van der Waals surface area contributed by atoms with Gasteiger partial charge in [-0.25, -0.2) is 9.37 Å². The monoisotopic (exact) mass is 1030 g/mol. The van der Waals surface area contributed by atoms with Crippen LogP contribution in [0, 0.1) is 12.7 Å². The zero-order valence-electron chi connectivity index (χ0n) is 41.6. The van der Waals surface area contributed by atoms with Gasteiger partial charge >= 0.3 is 5.97 Å². The highest BCUT2D eigenvalue weighted by molar-refractivity contribution is 6.12. The summed E-state index contributed by atoms with van der Waals surface area (Å²) in [6.07, 6.45) is 6.18. The second-order valence-corrected chi connectivity index (χ2v) is 18.8. The summed E-state index contributed by atoms with van der Waals surface area (Å²) in [6.45, 7) is 1.62. The average Bonchev–Trinajstić information content (AvgIpc) is 3.93. The Bertz CT molecular complexity index is 3050. The van der Waals surface area contributed by atoms with Gasteiger partial charge in [0.05, 0.1) is 60.6 Å². The lowest BCUT2D eigenvalue weighted by molar-refractivity contribution is -0.148. The van der Waals surface area contributed by atoms with E-state index >= 15 is 4.39 Å². The second kappa shape index (κ2) is 23.8. The van der Waals surface area contributed by atoms with E-state index in [1.165, 1.54) is 18.2 Å². The molecule has 0 spiro atoms. The first-order chi connectivity index (χ1) is 36.1. The number of rotatable bonds is 23. The molecule has 75 heavy (non-hydrogen) atoms. The molecule has 5 heterocycles. The number of cyclic esters (lactones) is 1. The number of hydrogen-bond acceptors (Lipinski definition) is 13. The van der Waals surface area contributed by atoms with Crippen LogP contribution in [0.4, 0.5) is 4.39 Å². The Morgan fingerprint density at radius 3 is 2.32 bits per heavy atom. The Labute approximate surface area is 429 Å². The molecular formula is C53H58FN9O12. The Hall–Kier alpha value is -8.14. The molecule has 0 saturated heterocycles. The molecule has 21 nitrogen and oxygen atoms in total. The molecule has 0 fully saturated rings. The van der Waals surface area contributed by atoms with Gasteiger partial charge in [-0.05, 0) is 72.9 Å². The summed E-state index contributed by atoms with van der Waals surface area (Å²) in [5.74, 6) is -5.78. The highest BCUT2D eigenvalue weighted by Gasteiger charge is 2.38. The summed E-state index contributed by atoms with van der Waals surface area (Å²) in [5.41, 5.74) is 5.43. The number of fused-ring (bicyclic) bond motifs is 5. The van der Waals surface area contributed by atoms with Crippen LogP contribution in [0.25, 0.3) is 22.3 Å². The van der Waals surface area contributed by atoms with Crippen molar-refractivity contribution in [3.63, 3.8) is 0 Å². The lowest BCUT2D eigenvalue weighted by Gasteiger charge is -2.29. The minimum Gasteiger partial charge on any atom is -0.460 e. The third-order valence-electron chi connectivity index (χ3n) is 13.7. The number of hydrogen-bond donors (Lipinski definition) is 6. The Morgan fingerprint density at radius 2 is 1.56 bits per heavy atom. The minimum atomic E-state index is -1.15. The van der Waals surface area contributed by atoms with Crippen molar-refractivity contribution in [2.45, 2.75) is 103 Å². The van der Waals surface area contributed by atoms with Gasteiger partial charge in [-0.2, -0.15) is 0 Å². The SMILES string of the molecule is CCC[C@@H]1C(=O)OCc2c1cc1n(c2=O)Cc2c-1nc1cc(F)c(C)c3c1c2[C@@H](NC(=O)COCNC(=O)CNC(=O)[C@H](Cc1ccccc1)NC(=O)CNC(=O)CNC(=O)CCCCCN1C(=O)C=CC1=O)CC3. The number of carbonyl (C=O) groups excluding carboxylic acids is 9. The summed E-state index contributed by atoms with van der Waals surface area (Å²) >= 11 is 0. The number of nitrogens with one attached hydrogen (secondary N) is 6. The molecule has 2 aromatic heterocycles. The fraction of sp³-hybridized carbons (Fsp3) is 0.415. The number of benzene rings is 2. The fourth-order valence-corrected chi connectivity index (χ4v) is 9.96. The number of halogens is 1. The molecule has 0 bridgehead atoms. The third kappa shape index (κ3) is 12.3. The van der Waals surface area contributed by atoms with E-state index < -0.39 is 98.2 Å². The van der Waals surface area contributed by atoms with Crippen LogP contribution in [0.2, 0.25) is 0 Å². The van der Waals surface area contributed by atoms with Crippen LogP contribution < -0.4 is 37.5 Å². The molecule has 8 amide bonds. The maximum atomic E-state index is 15.4. The summed E-state index contributed by atoms with van der Waals surface area (Å²) in [7, 11) is 0. The van der Waals surface area contributed by atoms with E-state index in [2.05, 4.69) is 31.9 Å². The van der Waals surface area contributed by atoms with Crippen LogP contribution >= 0.6 is 0 Å². The largest absolute Gasteiger partial charge is 0.460 e. The number of unbranched alkanes of at least 4 members (excludes halogenated alkanes) is 2. The molecule has 4 aromatic rings. The Morgan fingerprint density at radius 1 is 0.840 bits per heavy atom. The highest BCUT2D eigenvalue weighted by Crippen LogP contribution is 2.45. The molecule has 3 aliphatic heterocycles. The predicted molar refractivity (Wildman–Crippen MR) is 266 cm³/mol. The summed E-state index contributed by atoms with van der Waals surface area (Å²) < 4.78 is 27.9. The molecule has 6 N–H and O–H groups in total. The third-order valence-corrected chi connectivity index (χ3v) is 13.7. The smallest absolute Gasteiger partial charge is 0.313 e. The molecule has 1 aliphatic carbocycles. The van der Waals surface area contributed by atoms with Crippen molar-refractivity contribution in [1.82, 2.24) is 46.4 Å². The van der Waals surface area contributed by atoms with Crippen molar-refractivity contribution in [2.75, 3.05) is 39.5 Å². The molecule has 0 saturated carbocycles. The number of ether oxygens (including phenoxy) is 2. The van der Waals surface area contributed by atoms with Gasteiger partial charge in [0, 0.05) is 48.6 Å². The van der Waals surface area contributed by atoms with E-state index in [4.69, 9.17) is 14.5 Å². The zero-order chi connectivity index (χ0) is 53.3. The van der Waals surface area contributed by atoms with Crippen LogP contribution in [-0.2, 0) is 78.6 Å². The van der Waals surface area contributed by atoms with Crippen molar-refractivity contribution in [1.29, 1.82) is 0 Å². The molecular weight excluding hydrogens is 974 g/mol. The van der Waals surface area contributed by atoms with Gasteiger partial charge in [0.1, 0.15) is 31.8 Å². The number of esters is 1. The molecule has 0 radical (unpaired) electrons. The lowest BCUT2D eigenvalue weighted by atomic mass is 9.81. The van der Waals surface area contributed by atoms with Crippen molar-refractivity contribution in [3.8, 4) is 11.4 Å². The first kappa shape index (κ1) is 53.2. The van der Waals surface area contributed by atoms with Crippen molar-refractivity contribution >= 4 is 64.1 Å². The van der Waals surface area contributed by atoms with Gasteiger partial charge in [0.15, 0.2) is 0 Å². The van der Waals surface area contributed by atoms with Gasteiger partial charge in [-0.3, -0.25) is 52.8 Å². The topological polar surface area (TPSA) is 282 Å². The number of aromatic nitrogens is 2. The molecule has 22 heteroatoms. The average molecular weight is 1030 g/mol. The standard InChI is InChI=1S/C53H58FN9O12/c1-3-10-32-33-20-40-50-34(25-63(40)52(72)35(33)26-75-53(32)73)49-37(15-14-31-29(2)36(54)21-38(61-50)48(31)49)59-45(68)27-74-28-58-43(66)23-57-51(71)39(19-30-11-6-4-7-12-30)60-44(67)24-56-42(65)22-55-41(64)13-8-5-9-18-62-46(69)16-17-47(62)70/h4,6-7,11-12,16-17,20-21,32,37,39H,3,5,8-10,13-15,18-19,22-28H2,1-2H3,(H,55,64)(H,56,65)(H,57,71)(H,58,66)(H,59,68)(H,60,67)/t32-,37-,39-/m0/s1. The van der Waals surface area contributed by atoms with Crippen LogP contribution in [-0.4, -0.2) is 113 Å². The van der Waals surface area contributed by atoms with E-state index in [-0.39, 0.29) is 49.9 Å². The molecule has 394 valence electrons. The van der Waals surface area contributed by atoms with E-state index in [0.29, 0.717) is 95.1 Å². The zero-order valence-corrected chi connectivity index (χ0v) is 41.6. The van der Waals surface area contributed by atoms with Crippen LogP contribution in [0.15, 0.2) is 59.4 Å². The molecule has 8 rings (SSSR count). The normalized spacial score (nSPS) is 16.4. The van der Waals surface area contributed by atoms with E-state index in [0.717, 1.165) is 16.0 Å². The highest BCUT2D eigenvalue weighted by atomic mass is 19.1. The first-order valence-corrected chi connectivity index (χ1v) is 25.0. The molecule has 4 aliphatic rings. The Balaban J connectivity index is 0.802. The fourth-order valence-electron chi connectivity index (χ4n) is 9.96. The van der Waals surface area contributed by atoms with E-state index in [9.17, 15) is 47.9 Å². The Kier molecular flexibility index (Phi) is 16.9. The van der Waals surface area contributed by atoms with Gasteiger partial charge in [-0.1, -0.05) is 50.1 Å². The summed E-state index contributed by atoms with van der Waals surface area (Å²) in [4.78, 5) is 133. The maximum Gasteiger partial charge on any atom is 0.313 e. The van der Waals surface area contributed by atoms with Crippen LogP contribution in [0.3, 0.4) is 0 Å². The maximum absolute atomic E-state index is 15.4. The van der Waals surface area contributed by atoms with Gasteiger partial charge in [0.2, 0.25) is 35.4 Å². The number of amides is 8. The van der Waals surface area contributed by atoms with Gasteiger partial charge < -0.3 is 45.9 Å². The number of carbonyl (C=O) groups is 9. The van der Waals surface area contributed by atoms with Gasteiger partial charge in [0.25, 0.3) is 17.4 Å². The lowest BCUT2D eigenvalue weighted by Crippen LogP contribution is -2.52. The molecule has 3 atom stereocenters. The van der Waals surface area contributed by atoms with E-state index in [1.807, 2.05) is 13.0 Å². The van der Waals surface area contributed by atoms with E-state index in [1.54, 1.807) is 41.8 Å². The van der Waals surface area contributed by atoms with Crippen molar-refractivity contribution in [2.24, 2.45) is 0 Å². The van der Waals surface area contributed by atoms with Crippen LogP contribution in [0.5, 0.6) is 0 Å².